The number of carbonyl (C=O) groups is 3. The maximum absolute atomic E-state index is 13.2. The van der Waals surface area contributed by atoms with Crippen LogP contribution in [0.15, 0.2) is 40.4 Å². The normalized spacial score (nSPS) is 15.3. The molecule has 9 heteroatoms. The molecular weight excluding hydrogens is 359 g/mol. The number of amidine groups is 1. The minimum absolute atomic E-state index is 0.191. The van der Waals surface area contributed by atoms with Crippen molar-refractivity contribution in [3.05, 3.63) is 46.7 Å². The van der Waals surface area contributed by atoms with Crippen LogP contribution < -0.4 is 5.32 Å². The van der Waals surface area contributed by atoms with Gasteiger partial charge in [-0.05, 0) is 42.1 Å². The Morgan fingerprint density at radius 1 is 1.23 bits per heavy atom. The Balaban J connectivity index is 2.00. The Kier molecular flexibility index (Phi) is 4.81. The first-order valence-corrected chi connectivity index (χ1v) is 8.32. The highest BCUT2D eigenvalue weighted by Crippen LogP contribution is 2.31. The van der Waals surface area contributed by atoms with Crippen molar-refractivity contribution in [2.24, 2.45) is 4.99 Å². The summed E-state index contributed by atoms with van der Waals surface area (Å²) in [5.74, 6) is -1.53. The lowest BCUT2D eigenvalue weighted by molar-refractivity contribution is -0.117. The summed E-state index contributed by atoms with van der Waals surface area (Å²) < 4.78 is 14.3. The molecule has 1 aromatic heterocycles. The van der Waals surface area contributed by atoms with E-state index in [9.17, 15) is 18.8 Å². The number of aromatic nitrogens is 2. The van der Waals surface area contributed by atoms with Gasteiger partial charge in [0.25, 0.3) is 5.91 Å². The average Bonchev–Trinajstić information content (AvgIpc) is 3.12. The molecule has 132 valence electrons. The topological polar surface area (TPSA) is 93.4 Å². The first-order valence-electron chi connectivity index (χ1n) is 7.50. The Hall–Kier alpha value is -3.07. The van der Waals surface area contributed by atoms with Crippen molar-refractivity contribution in [3.63, 3.8) is 0 Å². The zero-order valence-corrected chi connectivity index (χ0v) is 14.6. The molecule has 1 aliphatic heterocycles. The molecule has 1 aromatic carbocycles. The van der Waals surface area contributed by atoms with Gasteiger partial charge in [-0.2, -0.15) is 10.1 Å². The lowest BCUT2D eigenvalue weighted by Gasteiger charge is -2.00. The number of hydrogen-bond acceptors (Lipinski definition) is 5. The number of amides is 2. The molecule has 2 aromatic rings. The SMILES string of the molecule is CC(=O)NC1=NC(=O)/C(=C\c2cn(C(C)=O)nc2-c2ccc(F)cc2)S1. The van der Waals surface area contributed by atoms with E-state index in [2.05, 4.69) is 15.4 Å². The van der Waals surface area contributed by atoms with E-state index in [1.54, 1.807) is 0 Å². The molecule has 0 fully saturated rings. The molecule has 0 radical (unpaired) electrons. The van der Waals surface area contributed by atoms with Gasteiger partial charge < -0.3 is 5.32 Å². The van der Waals surface area contributed by atoms with Crippen LogP contribution in [0, 0.1) is 5.82 Å². The average molecular weight is 372 g/mol. The van der Waals surface area contributed by atoms with Crippen molar-refractivity contribution in [1.82, 2.24) is 15.1 Å². The van der Waals surface area contributed by atoms with Gasteiger partial charge in [-0.15, -0.1) is 0 Å². The molecule has 2 amide bonds. The second kappa shape index (κ2) is 7.04. The number of carbonyl (C=O) groups excluding carboxylic acids is 3. The van der Waals surface area contributed by atoms with Crippen molar-refractivity contribution in [1.29, 1.82) is 0 Å². The van der Waals surface area contributed by atoms with Crippen LogP contribution in [-0.2, 0) is 9.59 Å². The van der Waals surface area contributed by atoms with E-state index in [0.717, 1.165) is 16.4 Å². The molecule has 2 heterocycles. The number of nitrogens with one attached hydrogen (secondary N) is 1. The van der Waals surface area contributed by atoms with Crippen LogP contribution in [0.5, 0.6) is 0 Å². The molecule has 0 unspecified atom stereocenters. The fraction of sp³-hybridized carbons (Fsp3) is 0.118. The molecule has 0 aliphatic carbocycles. The maximum Gasteiger partial charge on any atom is 0.286 e. The fourth-order valence-electron chi connectivity index (χ4n) is 2.24. The van der Waals surface area contributed by atoms with Gasteiger partial charge in [0.2, 0.25) is 11.8 Å². The van der Waals surface area contributed by atoms with Crippen molar-refractivity contribution >= 4 is 40.7 Å². The fourth-order valence-corrected chi connectivity index (χ4v) is 3.09. The Labute approximate surface area is 152 Å². The molecule has 0 atom stereocenters. The molecule has 0 saturated carbocycles. The summed E-state index contributed by atoms with van der Waals surface area (Å²) in [6, 6.07) is 5.64. The lowest BCUT2D eigenvalue weighted by atomic mass is 10.1. The molecule has 7 nitrogen and oxygen atoms in total. The van der Waals surface area contributed by atoms with Crippen molar-refractivity contribution in [2.45, 2.75) is 13.8 Å². The van der Waals surface area contributed by atoms with Gasteiger partial charge >= 0.3 is 0 Å². The van der Waals surface area contributed by atoms with Crippen molar-refractivity contribution in [2.75, 3.05) is 0 Å². The van der Waals surface area contributed by atoms with Gasteiger partial charge in [0.15, 0.2) is 5.17 Å². The molecule has 0 saturated heterocycles. The summed E-state index contributed by atoms with van der Waals surface area (Å²) in [7, 11) is 0. The largest absolute Gasteiger partial charge is 0.305 e. The van der Waals surface area contributed by atoms with E-state index in [4.69, 9.17) is 0 Å². The summed E-state index contributed by atoms with van der Waals surface area (Å²) in [6.45, 7) is 2.67. The number of benzene rings is 1. The molecular formula is C17H13FN4O3S. The molecule has 0 bridgehead atoms. The number of aliphatic imine (C=N–C) groups is 1. The number of hydrogen-bond donors (Lipinski definition) is 1. The number of thioether (sulfide) groups is 1. The van der Waals surface area contributed by atoms with Crippen molar-refractivity contribution < 1.29 is 18.8 Å². The number of rotatable bonds is 2. The molecule has 0 spiro atoms. The number of halogens is 1. The molecule has 26 heavy (non-hydrogen) atoms. The smallest absolute Gasteiger partial charge is 0.286 e. The van der Waals surface area contributed by atoms with E-state index >= 15 is 0 Å². The lowest BCUT2D eigenvalue weighted by Crippen LogP contribution is -2.23. The quantitative estimate of drug-likeness (QED) is 0.818. The number of nitrogens with zero attached hydrogens (tertiary/aromatic N) is 3. The van der Waals surface area contributed by atoms with E-state index in [1.165, 1.54) is 50.4 Å². The van der Waals surface area contributed by atoms with Crippen LogP contribution in [0.2, 0.25) is 0 Å². The van der Waals surface area contributed by atoms with Crippen LogP contribution in [-0.4, -0.2) is 32.7 Å². The summed E-state index contributed by atoms with van der Waals surface area (Å²) in [6.07, 6.45) is 3.02. The van der Waals surface area contributed by atoms with Crippen molar-refractivity contribution in [3.8, 4) is 11.3 Å². The zero-order chi connectivity index (χ0) is 18.8. The maximum atomic E-state index is 13.2. The third-order valence-electron chi connectivity index (χ3n) is 3.37. The summed E-state index contributed by atoms with van der Waals surface area (Å²) >= 11 is 1.01. The monoisotopic (exact) mass is 372 g/mol. The Bertz CT molecular complexity index is 976. The summed E-state index contributed by atoms with van der Waals surface area (Å²) in [5, 5.41) is 6.87. The second-order valence-corrected chi connectivity index (χ2v) is 6.45. The van der Waals surface area contributed by atoms with Crippen LogP contribution in [0.4, 0.5) is 4.39 Å². The standard InChI is InChI=1S/C17H13FN4O3S/c1-9(23)19-17-20-16(25)14(26-17)7-12-8-22(10(2)24)21-15(12)11-3-5-13(18)6-4-11/h3-8H,1-2H3,(H,19,20,23,25)/b14-7+. The van der Waals surface area contributed by atoms with Gasteiger partial charge in [0, 0.05) is 31.2 Å². The predicted octanol–water partition coefficient (Wildman–Crippen LogP) is 2.46. The van der Waals surface area contributed by atoms with Gasteiger partial charge in [0.05, 0.1) is 4.91 Å². The summed E-state index contributed by atoms with van der Waals surface area (Å²) in [4.78, 5) is 38.8. The Morgan fingerprint density at radius 2 is 1.92 bits per heavy atom. The van der Waals surface area contributed by atoms with Crippen LogP contribution >= 0.6 is 11.8 Å². The first-order chi connectivity index (χ1) is 12.3. The minimum Gasteiger partial charge on any atom is -0.305 e. The summed E-state index contributed by atoms with van der Waals surface area (Å²) in [5.41, 5.74) is 1.52. The molecule has 1 N–H and O–H groups in total. The molecule has 1 aliphatic rings. The first kappa shape index (κ1) is 17.7. The van der Waals surface area contributed by atoms with E-state index in [1.807, 2.05) is 0 Å². The van der Waals surface area contributed by atoms with E-state index < -0.39 is 11.7 Å². The van der Waals surface area contributed by atoms with E-state index in [-0.39, 0.29) is 21.9 Å². The molecule has 3 rings (SSSR count). The minimum atomic E-state index is -0.501. The van der Waals surface area contributed by atoms with Gasteiger partial charge in [0.1, 0.15) is 11.5 Å². The van der Waals surface area contributed by atoms with Gasteiger partial charge in [-0.3, -0.25) is 14.4 Å². The second-order valence-electron chi connectivity index (χ2n) is 5.42. The van der Waals surface area contributed by atoms with Crippen LogP contribution in [0.25, 0.3) is 17.3 Å². The van der Waals surface area contributed by atoms with Gasteiger partial charge in [-0.25, -0.2) is 9.07 Å². The van der Waals surface area contributed by atoms with E-state index in [0.29, 0.717) is 16.8 Å². The Morgan fingerprint density at radius 3 is 2.54 bits per heavy atom. The van der Waals surface area contributed by atoms with Crippen LogP contribution in [0.1, 0.15) is 24.2 Å². The highest BCUT2D eigenvalue weighted by Gasteiger charge is 2.24. The van der Waals surface area contributed by atoms with Crippen LogP contribution in [0.3, 0.4) is 0 Å². The van der Waals surface area contributed by atoms with Gasteiger partial charge in [-0.1, -0.05) is 0 Å². The zero-order valence-electron chi connectivity index (χ0n) is 13.8. The predicted molar refractivity (Wildman–Crippen MR) is 95.7 cm³/mol. The highest BCUT2D eigenvalue weighted by molar-refractivity contribution is 8.18. The highest BCUT2D eigenvalue weighted by atomic mass is 32.2. The third-order valence-corrected chi connectivity index (χ3v) is 4.27. The third kappa shape index (κ3) is 3.77.